The molecule has 0 bridgehead atoms. The van der Waals surface area contributed by atoms with Crippen LogP contribution in [0.25, 0.3) is 0 Å². The van der Waals surface area contributed by atoms with Gasteiger partial charge in [-0.1, -0.05) is 48.1 Å². The molecular weight excluding hydrogens is 659 g/mol. The minimum atomic E-state index is -0.256. The van der Waals surface area contributed by atoms with Gasteiger partial charge in [0.15, 0.2) is 0 Å². The first-order valence-corrected chi connectivity index (χ1v) is 17.1. The third-order valence-corrected chi connectivity index (χ3v) is 9.88. The summed E-state index contributed by atoms with van der Waals surface area (Å²) in [6.45, 7) is 7.19. The molecular formula is C34H43Cl3N8O2. The molecule has 13 heteroatoms. The first-order chi connectivity index (χ1) is 22.4. The molecule has 8 N–H and O–H groups in total. The minimum Gasteiger partial charge on any atom is -0.399 e. The molecule has 3 aromatic rings. The number of rotatable bonds is 9. The van der Waals surface area contributed by atoms with Gasteiger partial charge < -0.3 is 32.7 Å². The molecule has 5 rings (SSSR count). The van der Waals surface area contributed by atoms with Crippen molar-refractivity contribution in [1.82, 2.24) is 9.80 Å². The monoisotopic (exact) mass is 700 g/mol. The van der Waals surface area contributed by atoms with E-state index >= 15 is 0 Å². The molecule has 252 valence electrons. The lowest BCUT2D eigenvalue weighted by atomic mass is 10.0. The predicted octanol–water partition coefficient (Wildman–Crippen LogP) is 7.35. The molecule has 47 heavy (non-hydrogen) atoms. The summed E-state index contributed by atoms with van der Waals surface area (Å²) < 4.78 is 0. The highest BCUT2D eigenvalue weighted by atomic mass is 35.5. The van der Waals surface area contributed by atoms with Crippen LogP contribution in [-0.4, -0.2) is 60.4 Å². The number of carbonyl (C=O) groups excluding carboxylic acids is 2. The van der Waals surface area contributed by atoms with E-state index in [9.17, 15) is 9.59 Å². The van der Waals surface area contributed by atoms with Gasteiger partial charge in [-0.3, -0.25) is 19.4 Å². The maximum Gasteiger partial charge on any atom is 0.238 e. The van der Waals surface area contributed by atoms with Crippen LogP contribution in [0.1, 0.15) is 46.0 Å². The number of piperidine rings is 2. The number of halogens is 3. The SMILES string of the molecule is CC1CCCN(CC(=O)Nc2c(NC(=O)CN3CCCCC3C)cc(N(c3ccc(N)cc3Cl)c3ccc(N)cc3Cl)c(N)c2Cl)C1. The van der Waals surface area contributed by atoms with Crippen molar-refractivity contribution in [3.05, 3.63) is 57.5 Å². The summed E-state index contributed by atoms with van der Waals surface area (Å²) in [5.41, 5.74) is 21.8. The van der Waals surface area contributed by atoms with Crippen LogP contribution in [0.4, 0.5) is 45.5 Å². The number of likely N-dealkylation sites (tertiary alicyclic amines) is 2. The van der Waals surface area contributed by atoms with E-state index in [1.165, 1.54) is 0 Å². The van der Waals surface area contributed by atoms with Crippen LogP contribution in [-0.2, 0) is 9.59 Å². The molecule has 2 saturated heterocycles. The molecule has 2 aliphatic rings. The number of carbonyl (C=O) groups is 2. The Hall–Kier alpha value is -3.41. The van der Waals surface area contributed by atoms with Crippen LogP contribution in [0.3, 0.4) is 0 Å². The summed E-state index contributed by atoms with van der Waals surface area (Å²) in [4.78, 5) is 33.0. The molecule has 2 fully saturated rings. The Morgan fingerprint density at radius 3 is 2.04 bits per heavy atom. The predicted molar refractivity (Wildman–Crippen MR) is 196 cm³/mol. The lowest BCUT2D eigenvalue weighted by Crippen LogP contribution is -2.42. The molecule has 0 aliphatic carbocycles. The van der Waals surface area contributed by atoms with Crippen molar-refractivity contribution in [2.24, 2.45) is 5.92 Å². The van der Waals surface area contributed by atoms with Gasteiger partial charge in [0, 0.05) is 24.0 Å². The van der Waals surface area contributed by atoms with E-state index < -0.39 is 0 Å². The van der Waals surface area contributed by atoms with Crippen LogP contribution in [0.5, 0.6) is 0 Å². The average molecular weight is 702 g/mol. The Morgan fingerprint density at radius 1 is 0.809 bits per heavy atom. The van der Waals surface area contributed by atoms with E-state index in [1.807, 2.05) is 0 Å². The number of nitrogen functional groups attached to an aromatic ring is 3. The van der Waals surface area contributed by atoms with Gasteiger partial charge in [-0.2, -0.15) is 0 Å². The molecule has 2 aliphatic heterocycles. The van der Waals surface area contributed by atoms with Gasteiger partial charge in [0.25, 0.3) is 0 Å². The first-order valence-electron chi connectivity index (χ1n) is 16.0. The second kappa shape index (κ2) is 15.2. The van der Waals surface area contributed by atoms with Gasteiger partial charge in [0.05, 0.1) is 62.3 Å². The zero-order valence-corrected chi connectivity index (χ0v) is 29.1. The maximum atomic E-state index is 13.6. The fraction of sp³-hybridized carbons (Fsp3) is 0.412. The van der Waals surface area contributed by atoms with E-state index in [0.717, 1.165) is 51.7 Å². The summed E-state index contributed by atoms with van der Waals surface area (Å²) >= 11 is 20.5. The van der Waals surface area contributed by atoms with Gasteiger partial charge in [-0.05, 0) is 94.1 Å². The molecule has 2 amide bonds. The van der Waals surface area contributed by atoms with Crippen molar-refractivity contribution in [3.8, 4) is 0 Å². The fourth-order valence-electron chi connectivity index (χ4n) is 6.44. The summed E-state index contributed by atoms with van der Waals surface area (Å²) in [6, 6.07) is 12.1. The van der Waals surface area contributed by atoms with E-state index in [-0.39, 0.29) is 53.0 Å². The lowest BCUT2D eigenvalue weighted by molar-refractivity contribution is -0.118. The standard InChI is InChI=1S/C34H43Cl3N8O2/c1-20-6-5-12-43(17-20)18-30(46)42-34-26(41-31(47)19-44-13-4-3-7-21(44)2)16-29(33(40)32(34)37)45(27-10-8-22(38)14-24(27)35)28-11-9-23(39)15-25(28)36/h8-11,14-16,20-21H,3-7,12-13,17-19,38-40H2,1-2H3,(H,41,47)(H,42,46). The molecule has 10 nitrogen and oxygen atoms in total. The van der Waals surface area contributed by atoms with E-state index in [1.54, 1.807) is 47.4 Å². The molecule has 2 heterocycles. The minimum absolute atomic E-state index is 0.0626. The first kappa shape index (κ1) is 34.9. The molecule has 0 spiro atoms. The van der Waals surface area contributed by atoms with Crippen LogP contribution < -0.4 is 32.7 Å². The van der Waals surface area contributed by atoms with Crippen LogP contribution in [0.15, 0.2) is 42.5 Å². The molecule has 0 radical (unpaired) electrons. The fourth-order valence-corrected chi connectivity index (χ4v) is 7.23. The van der Waals surface area contributed by atoms with Crippen molar-refractivity contribution in [2.75, 3.05) is 65.5 Å². The summed E-state index contributed by atoms with van der Waals surface area (Å²) in [7, 11) is 0. The topological polar surface area (TPSA) is 146 Å². The Labute approximate surface area is 291 Å². The number of hydrogen-bond donors (Lipinski definition) is 5. The zero-order chi connectivity index (χ0) is 33.8. The number of anilines is 8. The Morgan fingerprint density at radius 2 is 1.45 bits per heavy atom. The van der Waals surface area contributed by atoms with Gasteiger partial charge in [-0.25, -0.2) is 0 Å². The number of hydrogen-bond acceptors (Lipinski definition) is 8. The quantitative estimate of drug-likeness (QED) is 0.146. The third kappa shape index (κ3) is 8.36. The molecule has 3 aromatic carbocycles. The number of amides is 2. The number of nitrogens with one attached hydrogen (secondary N) is 2. The average Bonchev–Trinajstić information content (AvgIpc) is 3.00. The van der Waals surface area contributed by atoms with Crippen molar-refractivity contribution in [3.63, 3.8) is 0 Å². The molecule has 2 atom stereocenters. The van der Waals surface area contributed by atoms with Gasteiger partial charge in [-0.15, -0.1) is 0 Å². The zero-order valence-electron chi connectivity index (χ0n) is 26.8. The lowest BCUT2D eigenvalue weighted by Gasteiger charge is -2.33. The smallest absolute Gasteiger partial charge is 0.238 e. The van der Waals surface area contributed by atoms with Gasteiger partial charge >= 0.3 is 0 Å². The summed E-state index contributed by atoms with van der Waals surface area (Å²) in [5.74, 6) is 0.00944. The summed E-state index contributed by atoms with van der Waals surface area (Å²) in [6.07, 6.45) is 5.37. The third-order valence-electron chi connectivity index (χ3n) is 8.88. The van der Waals surface area contributed by atoms with Crippen molar-refractivity contribution >= 4 is 92.1 Å². The normalized spacial score (nSPS) is 18.9. The van der Waals surface area contributed by atoms with Gasteiger partial charge in [0.2, 0.25) is 11.8 Å². The molecule has 0 aromatic heterocycles. The number of nitrogens with two attached hydrogens (primary N) is 3. The van der Waals surface area contributed by atoms with Crippen molar-refractivity contribution in [1.29, 1.82) is 0 Å². The largest absolute Gasteiger partial charge is 0.399 e. The second-order valence-electron chi connectivity index (χ2n) is 12.7. The van der Waals surface area contributed by atoms with E-state index in [0.29, 0.717) is 44.4 Å². The highest BCUT2D eigenvalue weighted by Gasteiger charge is 2.28. The van der Waals surface area contributed by atoms with Gasteiger partial charge in [0.1, 0.15) is 0 Å². The van der Waals surface area contributed by atoms with Crippen LogP contribution in [0, 0.1) is 5.92 Å². The number of benzene rings is 3. The highest BCUT2D eigenvalue weighted by Crippen LogP contribution is 2.50. The van der Waals surface area contributed by atoms with Crippen molar-refractivity contribution in [2.45, 2.75) is 52.0 Å². The second-order valence-corrected chi connectivity index (χ2v) is 13.9. The summed E-state index contributed by atoms with van der Waals surface area (Å²) in [5, 5.41) is 6.70. The molecule has 2 unspecified atom stereocenters. The number of nitrogens with zero attached hydrogens (tertiary/aromatic N) is 3. The van der Waals surface area contributed by atoms with Crippen LogP contribution >= 0.6 is 34.8 Å². The Kier molecular flexibility index (Phi) is 11.3. The van der Waals surface area contributed by atoms with E-state index in [2.05, 4.69) is 34.3 Å². The van der Waals surface area contributed by atoms with E-state index in [4.69, 9.17) is 52.0 Å². The van der Waals surface area contributed by atoms with Crippen LogP contribution in [0.2, 0.25) is 15.1 Å². The Balaban J connectivity index is 1.59. The Bertz CT molecular complexity index is 1590. The maximum absolute atomic E-state index is 13.6. The van der Waals surface area contributed by atoms with Crippen molar-refractivity contribution < 1.29 is 9.59 Å². The highest BCUT2D eigenvalue weighted by molar-refractivity contribution is 6.39. The molecule has 0 saturated carbocycles.